The molecule has 47 heavy (non-hydrogen) atoms. The minimum Gasteiger partial charge on any atom is -0.444 e. The molecule has 0 spiro atoms. The molecule has 6 atom stereocenters. The number of likely N-dealkylation sites (tertiary alicyclic amines) is 1. The standard InChI is InChI=1S/C36H52BN5O5/c1-34(2,42-17-15-40(6)16-18-42)22-26(23-38)32(43)41-14-10-13-28(24-41)45-33(44)39-31(19-25-11-8-7-9-12-25)37-46-30-21-27-20-29(35(27,3)4)36(30,5)47-37/h7-9,11-12,22,27-31H,10,13-21,24H2,1-6H3,(H,39,44)/b26-22+/t27-,28-,29-,30+,31-,36-/m0/s1. The molecule has 2 amide bonds. The highest BCUT2D eigenvalue weighted by Crippen LogP contribution is 2.65. The van der Waals surface area contributed by atoms with Crippen molar-refractivity contribution in [1.82, 2.24) is 20.0 Å². The van der Waals surface area contributed by atoms with Gasteiger partial charge in [0.05, 0.1) is 24.2 Å². The summed E-state index contributed by atoms with van der Waals surface area (Å²) in [6, 6.07) is 12.2. The summed E-state index contributed by atoms with van der Waals surface area (Å²) in [5.41, 5.74) is 0.596. The molecule has 0 radical (unpaired) electrons. The number of nitrogens with zero attached hydrogens (tertiary/aromatic N) is 4. The highest BCUT2D eigenvalue weighted by molar-refractivity contribution is 6.47. The number of alkyl carbamates (subject to hydrolysis) is 1. The van der Waals surface area contributed by atoms with E-state index in [1.807, 2.05) is 30.3 Å². The molecule has 0 aromatic heterocycles. The van der Waals surface area contributed by atoms with Gasteiger partial charge in [-0.15, -0.1) is 0 Å². The second-order valence-electron chi connectivity index (χ2n) is 15.8. The van der Waals surface area contributed by atoms with E-state index in [0.717, 1.165) is 44.6 Å². The Morgan fingerprint density at radius 3 is 2.55 bits per heavy atom. The van der Waals surface area contributed by atoms with Crippen molar-refractivity contribution in [3.8, 4) is 6.07 Å². The third-order valence-corrected chi connectivity index (χ3v) is 12.0. The molecular formula is C36H52BN5O5. The second-order valence-corrected chi connectivity index (χ2v) is 15.8. The molecule has 11 heteroatoms. The third kappa shape index (κ3) is 6.85. The summed E-state index contributed by atoms with van der Waals surface area (Å²) in [4.78, 5) is 33.3. The lowest BCUT2D eigenvalue weighted by Gasteiger charge is -2.64. The van der Waals surface area contributed by atoms with Crippen LogP contribution >= 0.6 is 0 Å². The highest BCUT2D eigenvalue weighted by Gasteiger charge is 2.68. The Labute approximate surface area is 280 Å². The molecule has 7 rings (SSSR count). The van der Waals surface area contributed by atoms with Crippen molar-refractivity contribution in [3.63, 3.8) is 0 Å². The van der Waals surface area contributed by atoms with Crippen molar-refractivity contribution in [1.29, 1.82) is 5.26 Å². The van der Waals surface area contributed by atoms with Gasteiger partial charge in [-0.1, -0.05) is 44.2 Å². The number of nitrogens with one attached hydrogen (secondary N) is 1. The largest absolute Gasteiger partial charge is 0.482 e. The third-order valence-electron chi connectivity index (χ3n) is 12.0. The van der Waals surface area contributed by atoms with Crippen molar-refractivity contribution >= 4 is 19.1 Å². The summed E-state index contributed by atoms with van der Waals surface area (Å²) in [5.74, 6) is 0.289. The van der Waals surface area contributed by atoms with Crippen molar-refractivity contribution in [2.75, 3.05) is 46.3 Å². The number of rotatable bonds is 8. The van der Waals surface area contributed by atoms with Crippen LogP contribution in [0.25, 0.3) is 0 Å². The van der Waals surface area contributed by atoms with Gasteiger partial charge in [0.1, 0.15) is 17.7 Å². The average Bonchev–Trinajstić information content (AvgIpc) is 3.41. The Morgan fingerprint density at radius 2 is 1.87 bits per heavy atom. The summed E-state index contributed by atoms with van der Waals surface area (Å²) >= 11 is 0. The zero-order valence-electron chi connectivity index (χ0n) is 29.0. The van der Waals surface area contributed by atoms with Crippen molar-refractivity contribution in [2.24, 2.45) is 17.3 Å². The Balaban J connectivity index is 1.10. The lowest BCUT2D eigenvalue weighted by Crippen LogP contribution is -2.65. The van der Waals surface area contributed by atoms with Crippen LogP contribution in [0.2, 0.25) is 0 Å². The van der Waals surface area contributed by atoms with E-state index in [9.17, 15) is 14.9 Å². The number of carbonyl (C=O) groups excluding carboxylic acids is 2. The molecule has 3 heterocycles. The number of amides is 2. The van der Waals surface area contributed by atoms with Crippen LogP contribution in [-0.4, -0.2) is 109 Å². The van der Waals surface area contributed by atoms with Crippen LogP contribution in [0, 0.1) is 28.6 Å². The first-order valence-electron chi connectivity index (χ1n) is 17.5. The van der Waals surface area contributed by atoms with E-state index < -0.39 is 36.4 Å². The van der Waals surface area contributed by atoms with Gasteiger partial charge >= 0.3 is 13.2 Å². The SMILES string of the molecule is CN1CCN(C(C)(C)/C=C(\C#N)C(=O)N2CCC[C@H](OC(=O)N[C@@H](Cc3ccccc3)B3O[C@@H]4C[C@@H]5C[C@@H](C5(C)C)[C@]4(C)O3)C2)CC1. The molecule has 10 nitrogen and oxygen atoms in total. The topological polar surface area (TPSA) is 107 Å². The summed E-state index contributed by atoms with van der Waals surface area (Å²) in [7, 11) is 1.51. The van der Waals surface area contributed by atoms with Crippen LogP contribution in [0.5, 0.6) is 0 Å². The number of nitriles is 1. The molecule has 0 unspecified atom stereocenters. The molecule has 3 aliphatic heterocycles. The van der Waals surface area contributed by atoms with E-state index >= 15 is 0 Å². The number of hydrogen-bond acceptors (Lipinski definition) is 8. The van der Waals surface area contributed by atoms with Gasteiger partial charge in [0, 0.05) is 38.3 Å². The molecule has 3 saturated heterocycles. The molecule has 1 aromatic carbocycles. The summed E-state index contributed by atoms with van der Waals surface area (Å²) in [5, 5.41) is 13.1. The monoisotopic (exact) mass is 645 g/mol. The van der Waals surface area contributed by atoms with E-state index in [1.54, 1.807) is 11.0 Å². The van der Waals surface area contributed by atoms with Gasteiger partial charge in [-0.05, 0) is 88.8 Å². The highest BCUT2D eigenvalue weighted by atomic mass is 16.7. The first kappa shape index (κ1) is 34.0. The normalized spacial score (nSPS) is 31.7. The van der Waals surface area contributed by atoms with Gasteiger partial charge in [-0.25, -0.2) is 4.79 Å². The summed E-state index contributed by atoms with van der Waals surface area (Å²) in [6.07, 6.45) is 4.77. The fourth-order valence-electron chi connectivity index (χ4n) is 8.85. The van der Waals surface area contributed by atoms with Gasteiger partial charge in [0.15, 0.2) is 0 Å². The number of piperazine rings is 1. The van der Waals surface area contributed by atoms with Gasteiger partial charge in [-0.2, -0.15) is 5.26 Å². The van der Waals surface area contributed by atoms with Crippen LogP contribution < -0.4 is 5.32 Å². The minimum absolute atomic E-state index is 0.00176. The van der Waals surface area contributed by atoms with Crippen LogP contribution in [0.3, 0.4) is 0 Å². The van der Waals surface area contributed by atoms with Crippen molar-refractivity contribution in [3.05, 3.63) is 47.5 Å². The molecular weight excluding hydrogens is 593 g/mol. The van der Waals surface area contributed by atoms with Crippen molar-refractivity contribution in [2.45, 2.75) is 96.0 Å². The van der Waals surface area contributed by atoms with Gasteiger partial charge in [0.2, 0.25) is 0 Å². The minimum atomic E-state index is -0.593. The molecule has 1 aromatic rings. The van der Waals surface area contributed by atoms with Gasteiger partial charge in [0.25, 0.3) is 5.91 Å². The number of hydrogen-bond donors (Lipinski definition) is 1. The van der Waals surface area contributed by atoms with E-state index in [-0.39, 0.29) is 29.5 Å². The Hall–Kier alpha value is -2.91. The zero-order chi connectivity index (χ0) is 33.6. The molecule has 6 aliphatic rings. The molecule has 254 valence electrons. The first-order chi connectivity index (χ1) is 22.3. The van der Waals surface area contributed by atoms with Gasteiger partial charge in [-0.3, -0.25) is 9.69 Å². The van der Waals surface area contributed by atoms with E-state index in [1.165, 1.54) is 0 Å². The van der Waals surface area contributed by atoms with E-state index in [4.69, 9.17) is 14.0 Å². The second kappa shape index (κ2) is 13.2. The summed E-state index contributed by atoms with van der Waals surface area (Å²) in [6.45, 7) is 15.4. The van der Waals surface area contributed by atoms with Gasteiger partial charge < -0.3 is 29.2 Å². The van der Waals surface area contributed by atoms with Crippen molar-refractivity contribution < 1.29 is 23.6 Å². The summed E-state index contributed by atoms with van der Waals surface area (Å²) < 4.78 is 19.3. The molecule has 3 aliphatic carbocycles. The molecule has 3 saturated carbocycles. The van der Waals surface area contributed by atoms with E-state index in [2.05, 4.69) is 62.9 Å². The maximum Gasteiger partial charge on any atom is 0.482 e. The molecule has 1 N–H and O–H groups in total. The first-order valence-corrected chi connectivity index (χ1v) is 17.5. The number of ether oxygens (including phenoxy) is 1. The zero-order valence-corrected chi connectivity index (χ0v) is 29.0. The van der Waals surface area contributed by atoms with Crippen LogP contribution in [0.15, 0.2) is 42.0 Å². The number of likely N-dealkylation sites (N-methyl/N-ethyl adjacent to an activating group) is 1. The van der Waals surface area contributed by atoms with Crippen LogP contribution in [0.1, 0.15) is 65.9 Å². The van der Waals surface area contributed by atoms with Crippen LogP contribution in [-0.2, 0) is 25.3 Å². The fraction of sp³-hybridized carbons (Fsp3) is 0.694. The Kier molecular flexibility index (Phi) is 9.53. The average molecular weight is 646 g/mol. The fourth-order valence-corrected chi connectivity index (χ4v) is 8.85. The number of benzene rings is 1. The lowest BCUT2D eigenvalue weighted by molar-refractivity contribution is -0.199. The Morgan fingerprint density at radius 1 is 1.15 bits per heavy atom. The predicted octanol–water partition coefficient (Wildman–Crippen LogP) is 4.06. The van der Waals surface area contributed by atoms with E-state index in [0.29, 0.717) is 37.6 Å². The molecule has 6 fully saturated rings. The van der Waals surface area contributed by atoms with Crippen LogP contribution in [0.4, 0.5) is 4.79 Å². The maximum atomic E-state index is 13.6. The Bertz CT molecular complexity index is 1390. The lowest BCUT2D eigenvalue weighted by atomic mass is 9.43. The number of piperidine rings is 1. The smallest absolute Gasteiger partial charge is 0.444 e. The molecule has 2 bridgehead atoms. The maximum absolute atomic E-state index is 13.6. The number of carbonyl (C=O) groups is 2. The quantitative estimate of drug-likeness (QED) is 0.257. The predicted molar refractivity (Wildman–Crippen MR) is 180 cm³/mol.